The number of carboxylic acid groups (broad SMARTS) is 1. The van der Waals surface area contributed by atoms with Gasteiger partial charge in [0.1, 0.15) is 0 Å². The van der Waals surface area contributed by atoms with Crippen LogP contribution in [0.4, 0.5) is 5.69 Å². The monoisotopic (exact) mass is 384 g/mol. The predicted molar refractivity (Wildman–Crippen MR) is 91.6 cm³/mol. The number of nitro groups is 1. The molecule has 1 aromatic heterocycles. The van der Waals surface area contributed by atoms with Gasteiger partial charge >= 0.3 is 0 Å². The molecule has 0 saturated carbocycles. The maximum atomic E-state index is 12.2. The highest BCUT2D eigenvalue weighted by atomic mass is 32.2. The first-order chi connectivity index (χ1) is 13.0. The van der Waals surface area contributed by atoms with Crippen LogP contribution in [-0.2, 0) is 0 Å². The lowest BCUT2D eigenvalue weighted by molar-refractivity contribution is -0.384. The Labute approximate surface area is 156 Å². The minimum absolute atomic E-state index is 0.0226. The molecule has 0 aliphatic heterocycles. The minimum Gasteiger partial charge on any atom is -0.545 e. The highest BCUT2D eigenvalue weighted by molar-refractivity contribution is 7.99. The Morgan fingerprint density at radius 3 is 2.26 bits per heavy atom. The van der Waals surface area contributed by atoms with Crippen molar-refractivity contribution in [1.29, 1.82) is 0 Å². The van der Waals surface area contributed by atoms with E-state index in [4.69, 9.17) is 0 Å². The number of hydrogen-bond acceptors (Lipinski definition) is 9. The van der Waals surface area contributed by atoms with Crippen LogP contribution < -0.4 is 5.11 Å². The topological polar surface area (TPSA) is 144 Å². The Morgan fingerprint density at radius 1 is 1.04 bits per heavy atom. The average Bonchev–Trinajstić information content (AvgIpc) is 3.14. The summed E-state index contributed by atoms with van der Waals surface area (Å²) in [5.41, 5.74) is 0.790. The fraction of sp³-hybridized carbons (Fsp3) is 0.0625. The van der Waals surface area contributed by atoms with Crippen molar-refractivity contribution >= 4 is 29.2 Å². The molecule has 1 heterocycles. The number of carboxylic acids is 1. The van der Waals surface area contributed by atoms with Gasteiger partial charge in [-0.2, -0.15) is 4.68 Å². The molecule has 2 aromatic carbocycles. The van der Waals surface area contributed by atoms with Crippen molar-refractivity contribution in [2.45, 2.75) is 5.16 Å². The van der Waals surface area contributed by atoms with E-state index in [2.05, 4.69) is 15.5 Å². The zero-order valence-corrected chi connectivity index (χ0v) is 14.3. The van der Waals surface area contributed by atoms with E-state index in [1.165, 1.54) is 53.2 Å². The molecule has 0 radical (unpaired) electrons. The number of tetrazole rings is 1. The SMILES string of the molecule is O=C([O-])c1ccc(-n2nnnc2SCC(=O)c2ccc([N+](=O)[O-])cc2)cc1. The zero-order valence-electron chi connectivity index (χ0n) is 13.5. The molecule has 10 nitrogen and oxygen atoms in total. The van der Waals surface area contributed by atoms with E-state index in [9.17, 15) is 24.8 Å². The number of carbonyl (C=O) groups is 2. The van der Waals surface area contributed by atoms with Gasteiger partial charge in [0.25, 0.3) is 5.69 Å². The number of hydrogen-bond donors (Lipinski definition) is 0. The fourth-order valence-electron chi connectivity index (χ4n) is 2.15. The maximum Gasteiger partial charge on any atom is 0.269 e. The molecule has 0 saturated heterocycles. The van der Waals surface area contributed by atoms with Crippen LogP contribution in [0.2, 0.25) is 0 Å². The molecule has 11 heteroatoms. The predicted octanol–water partition coefficient (Wildman–Crippen LogP) is 0.909. The zero-order chi connectivity index (χ0) is 19.4. The molecular formula is C16H10N5O5S-. The standard InChI is InChI=1S/C16H11N5O5S/c22-14(10-1-7-13(8-2-10)21(25)26)9-27-16-17-18-19-20(16)12-5-3-11(4-6-12)15(23)24/h1-8H,9H2,(H,23,24)/p-1. The van der Waals surface area contributed by atoms with Crippen LogP contribution >= 0.6 is 11.8 Å². The first-order valence-electron chi connectivity index (χ1n) is 7.46. The summed E-state index contributed by atoms with van der Waals surface area (Å²) in [4.78, 5) is 33.2. The second kappa shape index (κ2) is 7.74. The second-order valence-electron chi connectivity index (χ2n) is 5.22. The Morgan fingerprint density at radius 2 is 1.67 bits per heavy atom. The first-order valence-corrected chi connectivity index (χ1v) is 8.45. The summed E-state index contributed by atoms with van der Waals surface area (Å²) in [7, 11) is 0. The van der Waals surface area contributed by atoms with E-state index < -0.39 is 10.9 Å². The van der Waals surface area contributed by atoms with Crippen LogP contribution in [0.3, 0.4) is 0 Å². The summed E-state index contributed by atoms with van der Waals surface area (Å²) in [5, 5.41) is 33.0. The summed E-state index contributed by atoms with van der Waals surface area (Å²) in [6.45, 7) is 0. The summed E-state index contributed by atoms with van der Waals surface area (Å²) < 4.78 is 1.37. The van der Waals surface area contributed by atoms with E-state index in [-0.39, 0.29) is 22.8 Å². The summed E-state index contributed by atoms with van der Waals surface area (Å²) in [6, 6.07) is 11.1. The Hall–Kier alpha value is -3.60. The molecular weight excluding hydrogens is 374 g/mol. The second-order valence-corrected chi connectivity index (χ2v) is 6.17. The van der Waals surface area contributed by atoms with Gasteiger partial charge in [-0.25, -0.2) is 0 Å². The van der Waals surface area contributed by atoms with Crippen molar-refractivity contribution in [2.24, 2.45) is 0 Å². The number of ketones is 1. The smallest absolute Gasteiger partial charge is 0.269 e. The van der Waals surface area contributed by atoms with E-state index in [0.717, 1.165) is 11.8 Å². The van der Waals surface area contributed by atoms with Crippen LogP contribution in [-0.4, -0.2) is 42.6 Å². The Kier molecular flexibility index (Phi) is 5.22. The lowest BCUT2D eigenvalue weighted by Gasteiger charge is -2.06. The van der Waals surface area contributed by atoms with Gasteiger partial charge in [-0.3, -0.25) is 14.9 Å². The van der Waals surface area contributed by atoms with Gasteiger partial charge in [-0.05, 0) is 40.3 Å². The van der Waals surface area contributed by atoms with Crippen molar-refractivity contribution in [2.75, 3.05) is 5.75 Å². The maximum absolute atomic E-state index is 12.2. The number of aromatic nitrogens is 4. The van der Waals surface area contributed by atoms with E-state index in [1.807, 2.05) is 0 Å². The van der Waals surface area contributed by atoms with Crippen molar-refractivity contribution in [1.82, 2.24) is 20.2 Å². The van der Waals surface area contributed by atoms with Crippen molar-refractivity contribution < 1.29 is 19.6 Å². The molecule has 0 unspecified atom stereocenters. The first kappa shape index (κ1) is 18.2. The number of thioether (sulfide) groups is 1. The van der Waals surface area contributed by atoms with Gasteiger partial charge in [0.15, 0.2) is 5.78 Å². The van der Waals surface area contributed by atoms with Crippen LogP contribution in [0.25, 0.3) is 5.69 Å². The average molecular weight is 384 g/mol. The third-order valence-electron chi connectivity index (χ3n) is 3.52. The van der Waals surface area contributed by atoms with E-state index in [0.29, 0.717) is 16.4 Å². The lowest BCUT2D eigenvalue weighted by Crippen LogP contribution is -2.22. The Balaban J connectivity index is 1.70. The summed E-state index contributed by atoms with van der Waals surface area (Å²) in [5.74, 6) is -1.51. The molecule has 0 amide bonds. The molecule has 27 heavy (non-hydrogen) atoms. The van der Waals surface area contributed by atoms with Gasteiger partial charge in [0.2, 0.25) is 5.16 Å². The molecule has 136 valence electrons. The highest BCUT2D eigenvalue weighted by Crippen LogP contribution is 2.20. The van der Waals surface area contributed by atoms with Gasteiger partial charge in [-0.1, -0.05) is 23.9 Å². The summed E-state index contributed by atoms with van der Waals surface area (Å²) >= 11 is 1.09. The number of carbonyl (C=O) groups excluding carboxylic acids is 2. The van der Waals surface area contributed by atoms with Gasteiger partial charge in [0.05, 0.1) is 22.3 Å². The molecule has 0 fully saturated rings. The fourth-order valence-corrected chi connectivity index (χ4v) is 2.94. The minimum atomic E-state index is -1.29. The molecule has 0 aliphatic carbocycles. The van der Waals surface area contributed by atoms with Gasteiger partial charge in [-0.15, -0.1) is 5.10 Å². The molecule has 0 atom stereocenters. The quantitative estimate of drug-likeness (QED) is 0.251. The molecule has 3 aromatic rings. The molecule has 0 N–H and O–H groups in total. The van der Waals surface area contributed by atoms with Crippen LogP contribution in [0, 0.1) is 10.1 Å². The third kappa shape index (κ3) is 4.15. The number of non-ortho nitro benzene ring substituents is 1. The van der Waals surface area contributed by atoms with E-state index in [1.54, 1.807) is 0 Å². The number of rotatable bonds is 7. The number of benzene rings is 2. The van der Waals surface area contributed by atoms with Crippen LogP contribution in [0.5, 0.6) is 0 Å². The largest absolute Gasteiger partial charge is 0.545 e. The van der Waals surface area contributed by atoms with Crippen LogP contribution in [0.1, 0.15) is 20.7 Å². The lowest BCUT2D eigenvalue weighted by atomic mass is 10.1. The number of aromatic carboxylic acids is 1. The van der Waals surface area contributed by atoms with Crippen molar-refractivity contribution in [3.8, 4) is 5.69 Å². The number of nitrogens with zero attached hydrogens (tertiary/aromatic N) is 5. The molecule has 0 bridgehead atoms. The highest BCUT2D eigenvalue weighted by Gasteiger charge is 2.14. The molecule has 0 spiro atoms. The third-order valence-corrected chi connectivity index (χ3v) is 4.44. The normalized spacial score (nSPS) is 10.5. The van der Waals surface area contributed by atoms with Gasteiger partial charge < -0.3 is 9.90 Å². The van der Waals surface area contributed by atoms with Crippen molar-refractivity contribution in [3.05, 3.63) is 69.8 Å². The molecule has 0 aliphatic rings. The van der Waals surface area contributed by atoms with Crippen LogP contribution in [0.15, 0.2) is 53.7 Å². The Bertz CT molecular complexity index is 1000. The number of nitro benzene ring substituents is 1. The van der Waals surface area contributed by atoms with Gasteiger partial charge in [0, 0.05) is 17.7 Å². The molecule has 3 rings (SSSR count). The number of Topliss-reactive ketones (excluding diaryl/α,β-unsaturated/α-hetero) is 1. The van der Waals surface area contributed by atoms with Crippen molar-refractivity contribution in [3.63, 3.8) is 0 Å². The summed E-state index contributed by atoms with van der Waals surface area (Å²) in [6.07, 6.45) is 0. The van der Waals surface area contributed by atoms with E-state index >= 15 is 0 Å².